The highest BCUT2D eigenvalue weighted by atomic mass is 35.5. The molecule has 2 aromatic carbocycles. The minimum atomic E-state index is -0.628. The normalized spacial score (nSPS) is 10.7. The van der Waals surface area contributed by atoms with Crippen LogP contribution < -0.4 is 15.4 Å². The molecule has 0 atom stereocenters. The number of aryl methyl sites for hydroxylation is 1. The molecule has 0 saturated carbocycles. The van der Waals surface area contributed by atoms with Crippen molar-refractivity contribution in [1.29, 1.82) is 0 Å². The van der Waals surface area contributed by atoms with E-state index in [1.807, 2.05) is 6.92 Å². The summed E-state index contributed by atoms with van der Waals surface area (Å²) in [6.45, 7) is 5.45. The van der Waals surface area contributed by atoms with E-state index in [1.54, 1.807) is 74.6 Å². The average molecular weight is 512 g/mol. The molecule has 0 bridgehead atoms. The van der Waals surface area contributed by atoms with E-state index >= 15 is 0 Å². The summed E-state index contributed by atoms with van der Waals surface area (Å²) in [5.41, 5.74) is 7.70. The van der Waals surface area contributed by atoms with Crippen molar-refractivity contribution >= 4 is 46.5 Å². The van der Waals surface area contributed by atoms with Crippen molar-refractivity contribution in [1.82, 2.24) is 4.98 Å². The highest BCUT2D eigenvalue weighted by molar-refractivity contribution is 7.81. The number of carbonyl (C=O) groups excluding carboxylic acids is 2. The summed E-state index contributed by atoms with van der Waals surface area (Å²) in [6, 6.07) is 15.7. The predicted molar refractivity (Wildman–Crippen MR) is 140 cm³/mol. The Hall–Kier alpha value is -3.49. The van der Waals surface area contributed by atoms with E-state index in [4.69, 9.17) is 39.0 Å². The lowest BCUT2D eigenvalue weighted by molar-refractivity contribution is -0.117. The number of hydrogen-bond acceptors (Lipinski definition) is 6. The van der Waals surface area contributed by atoms with E-state index in [9.17, 15) is 9.59 Å². The highest BCUT2D eigenvalue weighted by Gasteiger charge is 2.27. The fraction of sp³-hybridized carbons (Fsp3) is 0.231. The Morgan fingerprint density at radius 1 is 1.06 bits per heavy atom. The van der Waals surface area contributed by atoms with Crippen LogP contribution in [0.2, 0.25) is 5.02 Å². The Labute approximate surface area is 214 Å². The fourth-order valence-electron chi connectivity index (χ4n) is 3.25. The standard InChI is InChI=1S/C26H26ClN3O4S/c1-4-21-24(27)22(13-14-29-21)30(26(32)33-16(2)3)25(35)18-7-11-20(12-8-18)34-19-9-5-17(6-10-19)15-23(28)31/h5-14,16H,4,15H2,1-3H3,(H2,28,31). The van der Waals surface area contributed by atoms with E-state index in [2.05, 4.69) is 4.98 Å². The summed E-state index contributed by atoms with van der Waals surface area (Å²) in [4.78, 5) is 29.8. The number of benzene rings is 2. The number of nitrogens with zero attached hydrogens (tertiary/aromatic N) is 2. The molecule has 9 heteroatoms. The van der Waals surface area contributed by atoms with Gasteiger partial charge in [0.2, 0.25) is 5.91 Å². The maximum Gasteiger partial charge on any atom is 0.419 e. The zero-order chi connectivity index (χ0) is 25.5. The van der Waals surface area contributed by atoms with Gasteiger partial charge in [-0.2, -0.15) is 0 Å². The zero-order valence-electron chi connectivity index (χ0n) is 19.7. The second-order valence-electron chi connectivity index (χ2n) is 7.93. The molecule has 182 valence electrons. The number of anilines is 1. The van der Waals surface area contributed by atoms with Gasteiger partial charge in [-0.15, -0.1) is 0 Å². The number of rotatable bonds is 8. The van der Waals surface area contributed by atoms with Crippen LogP contribution in [0.5, 0.6) is 11.5 Å². The predicted octanol–water partition coefficient (Wildman–Crippen LogP) is 5.84. The summed E-state index contributed by atoms with van der Waals surface area (Å²) in [5, 5.41) is 0.345. The smallest absolute Gasteiger partial charge is 0.419 e. The van der Waals surface area contributed by atoms with Gasteiger partial charge in [0.05, 0.1) is 28.9 Å². The number of pyridine rings is 1. The third-order valence-corrected chi connectivity index (χ3v) is 5.71. The van der Waals surface area contributed by atoms with Crippen molar-refractivity contribution in [3.8, 4) is 11.5 Å². The summed E-state index contributed by atoms with van der Waals surface area (Å²) in [6.07, 6.45) is 1.39. The van der Waals surface area contributed by atoms with Crippen LogP contribution >= 0.6 is 23.8 Å². The van der Waals surface area contributed by atoms with Gasteiger partial charge in [0.15, 0.2) is 0 Å². The molecule has 1 aromatic heterocycles. The van der Waals surface area contributed by atoms with E-state index in [-0.39, 0.29) is 17.5 Å². The molecule has 0 aliphatic carbocycles. The molecule has 3 rings (SSSR count). The van der Waals surface area contributed by atoms with E-state index in [0.29, 0.717) is 39.9 Å². The van der Waals surface area contributed by atoms with Crippen molar-refractivity contribution in [2.75, 3.05) is 4.90 Å². The maximum atomic E-state index is 13.0. The van der Waals surface area contributed by atoms with Crippen LogP contribution in [0.15, 0.2) is 60.8 Å². The SMILES string of the molecule is CCc1nccc(N(C(=O)OC(C)C)C(=S)c2ccc(Oc3ccc(CC(N)=O)cc3)cc2)c1Cl. The number of thiocarbonyl (C=S) groups is 1. The molecule has 0 unspecified atom stereocenters. The molecule has 0 aliphatic rings. The first kappa shape index (κ1) is 26.1. The van der Waals surface area contributed by atoms with E-state index < -0.39 is 12.0 Å². The quantitative estimate of drug-likeness (QED) is 0.381. The highest BCUT2D eigenvalue weighted by Crippen LogP contribution is 2.31. The third-order valence-electron chi connectivity index (χ3n) is 4.88. The molecule has 35 heavy (non-hydrogen) atoms. The van der Waals surface area contributed by atoms with Gasteiger partial charge >= 0.3 is 6.09 Å². The lowest BCUT2D eigenvalue weighted by atomic mass is 10.1. The molecule has 0 radical (unpaired) electrons. The molecule has 0 aliphatic heterocycles. The largest absolute Gasteiger partial charge is 0.457 e. The Morgan fingerprint density at radius 3 is 2.20 bits per heavy atom. The van der Waals surface area contributed by atoms with Gasteiger partial charge in [0, 0.05) is 11.8 Å². The third kappa shape index (κ3) is 6.77. The number of ether oxygens (including phenoxy) is 2. The molecular weight excluding hydrogens is 486 g/mol. The monoisotopic (exact) mass is 511 g/mol. The van der Waals surface area contributed by atoms with Crippen LogP contribution in [-0.2, 0) is 22.4 Å². The van der Waals surface area contributed by atoms with Gasteiger partial charge in [0.25, 0.3) is 0 Å². The number of amides is 2. The molecule has 7 nitrogen and oxygen atoms in total. The molecule has 0 fully saturated rings. The summed E-state index contributed by atoms with van der Waals surface area (Å²) in [7, 11) is 0. The van der Waals surface area contributed by atoms with Crippen LogP contribution in [0.4, 0.5) is 10.5 Å². The van der Waals surface area contributed by atoms with Crippen LogP contribution in [0.1, 0.15) is 37.6 Å². The number of aromatic nitrogens is 1. The topological polar surface area (TPSA) is 94.8 Å². The number of halogens is 1. The molecule has 2 amide bonds. The van der Waals surface area contributed by atoms with Gasteiger partial charge in [-0.05, 0) is 68.3 Å². The van der Waals surface area contributed by atoms with Crippen molar-refractivity contribution in [3.63, 3.8) is 0 Å². The van der Waals surface area contributed by atoms with Crippen molar-refractivity contribution in [3.05, 3.63) is 82.6 Å². The van der Waals surface area contributed by atoms with Crippen LogP contribution in [0.25, 0.3) is 0 Å². The molecule has 0 saturated heterocycles. The summed E-state index contributed by atoms with van der Waals surface area (Å²) >= 11 is 12.2. The minimum Gasteiger partial charge on any atom is -0.457 e. The minimum absolute atomic E-state index is 0.170. The van der Waals surface area contributed by atoms with Gasteiger partial charge in [0.1, 0.15) is 16.5 Å². The van der Waals surface area contributed by atoms with Crippen molar-refractivity contribution in [2.45, 2.75) is 39.7 Å². The van der Waals surface area contributed by atoms with E-state index in [1.165, 1.54) is 4.90 Å². The summed E-state index contributed by atoms with van der Waals surface area (Å²) in [5.74, 6) is 0.785. The molecule has 3 aromatic rings. The zero-order valence-corrected chi connectivity index (χ0v) is 21.2. The average Bonchev–Trinajstić information content (AvgIpc) is 2.81. The van der Waals surface area contributed by atoms with Crippen molar-refractivity contribution in [2.24, 2.45) is 5.73 Å². The number of primary amides is 1. The van der Waals surface area contributed by atoms with Gasteiger partial charge in [-0.25, -0.2) is 9.69 Å². The molecular formula is C26H26ClN3O4S. The van der Waals surface area contributed by atoms with Crippen molar-refractivity contribution < 1.29 is 19.1 Å². The molecule has 2 N–H and O–H groups in total. The first-order valence-electron chi connectivity index (χ1n) is 11.0. The number of carbonyl (C=O) groups is 2. The Kier molecular flexibility index (Phi) is 8.78. The maximum absolute atomic E-state index is 13.0. The van der Waals surface area contributed by atoms with Gasteiger partial charge < -0.3 is 15.2 Å². The summed E-state index contributed by atoms with van der Waals surface area (Å²) < 4.78 is 11.3. The van der Waals surface area contributed by atoms with Crippen LogP contribution in [-0.4, -0.2) is 28.1 Å². The number of hydrogen-bond donors (Lipinski definition) is 1. The second kappa shape index (κ2) is 11.8. The lowest BCUT2D eigenvalue weighted by Crippen LogP contribution is -2.38. The Bertz CT molecular complexity index is 1210. The first-order valence-corrected chi connectivity index (χ1v) is 11.8. The van der Waals surface area contributed by atoms with Gasteiger partial charge in [-0.3, -0.25) is 9.78 Å². The molecule has 1 heterocycles. The van der Waals surface area contributed by atoms with Gasteiger partial charge in [-0.1, -0.05) is 42.9 Å². The van der Waals surface area contributed by atoms with E-state index in [0.717, 1.165) is 5.56 Å². The second-order valence-corrected chi connectivity index (χ2v) is 8.70. The Balaban J connectivity index is 1.84. The van der Waals surface area contributed by atoms with Crippen LogP contribution in [0, 0.1) is 0 Å². The fourth-order valence-corrected chi connectivity index (χ4v) is 3.89. The first-order chi connectivity index (χ1) is 16.7. The number of nitrogens with two attached hydrogens (primary N) is 1. The van der Waals surface area contributed by atoms with Crippen LogP contribution in [0.3, 0.4) is 0 Å². The molecule has 0 spiro atoms. The Morgan fingerprint density at radius 2 is 1.66 bits per heavy atom. The lowest BCUT2D eigenvalue weighted by Gasteiger charge is -2.25.